The third-order valence-electron chi connectivity index (χ3n) is 4.83. The highest BCUT2D eigenvalue weighted by molar-refractivity contribution is 5.26. The van der Waals surface area contributed by atoms with Crippen LogP contribution in [-0.2, 0) is 6.54 Å². The minimum atomic E-state index is 0.694. The fourth-order valence-electron chi connectivity index (χ4n) is 3.29. The minimum Gasteiger partial charge on any atom is -0.294 e. The molecule has 3 heterocycles. The van der Waals surface area contributed by atoms with Gasteiger partial charge in [0.2, 0.25) is 0 Å². The van der Waals surface area contributed by atoms with Crippen molar-refractivity contribution in [3.8, 4) is 5.82 Å². The topological polar surface area (TPSA) is 34.0 Å². The molecule has 0 N–H and O–H groups in total. The van der Waals surface area contributed by atoms with Crippen molar-refractivity contribution >= 4 is 0 Å². The molecule has 2 unspecified atom stereocenters. The number of hydrogen-bond donors (Lipinski definition) is 0. The van der Waals surface area contributed by atoms with Crippen LogP contribution in [0.15, 0.2) is 30.6 Å². The predicted molar refractivity (Wildman–Crippen MR) is 82.4 cm³/mol. The summed E-state index contributed by atoms with van der Waals surface area (Å²) in [6, 6.07) is 7.78. The van der Waals surface area contributed by atoms with Crippen LogP contribution in [0.4, 0.5) is 0 Å². The molecule has 2 atom stereocenters. The van der Waals surface area contributed by atoms with E-state index in [1.165, 1.54) is 30.5 Å². The molecule has 0 spiro atoms. The van der Waals surface area contributed by atoms with Gasteiger partial charge in [0.15, 0.2) is 5.82 Å². The second-order valence-electron chi connectivity index (χ2n) is 6.59. The van der Waals surface area contributed by atoms with Crippen LogP contribution in [-0.4, -0.2) is 31.7 Å². The van der Waals surface area contributed by atoms with Crippen molar-refractivity contribution in [3.63, 3.8) is 0 Å². The van der Waals surface area contributed by atoms with Crippen molar-refractivity contribution in [2.45, 2.75) is 57.7 Å². The summed E-state index contributed by atoms with van der Waals surface area (Å²) in [5.41, 5.74) is 2.50. The highest BCUT2D eigenvalue weighted by Crippen LogP contribution is 2.39. The van der Waals surface area contributed by atoms with Gasteiger partial charge in [0.1, 0.15) is 0 Å². The van der Waals surface area contributed by atoms with Gasteiger partial charge < -0.3 is 0 Å². The van der Waals surface area contributed by atoms with Gasteiger partial charge in [-0.2, -0.15) is 5.10 Å². The summed E-state index contributed by atoms with van der Waals surface area (Å²) in [5.74, 6) is 1.61. The summed E-state index contributed by atoms with van der Waals surface area (Å²) in [6.45, 7) is 5.60. The molecule has 0 aromatic carbocycles. The van der Waals surface area contributed by atoms with E-state index in [2.05, 4.69) is 47.0 Å². The van der Waals surface area contributed by atoms with Gasteiger partial charge in [0.25, 0.3) is 0 Å². The number of pyridine rings is 1. The van der Waals surface area contributed by atoms with Gasteiger partial charge in [0.05, 0.1) is 5.69 Å². The van der Waals surface area contributed by atoms with E-state index in [1.807, 2.05) is 17.1 Å². The molecule has 2 aromatic rings. The number of likely N-dealkylation sites (tertiary alicyclic amines) is 1. The standard InChI is InChI=1S/C17H22N4/c1-12-9-13(2)20(12)11-14-3-6-17(18-10-14)21-8-7-16(19-21)15-4-5-15/h3,6-8,10,12-13,15H,4-5,9,11H2,1-2H3. The van der Waals surface area contributed by atoms with Gasteiger partial charge in [-0.05, 0) is 50.8 Å². The molecule has 2 aromatic heterocycles. The van der Waals surface area contributed by atoms with Crippen molar-refractivity contribution in [2.75, 3.05) is 0 Å². The molecule has 0 amide bonds. The average molecular weight is 282 g/mol. The Morgan fingerprint density at radius 3 is 2.57 bits per heavy atom. The molecule has 4 heteroatoms. The van der Waals surface area contributed by atoms with Gasteiger partial charge >= 0.3 is 0 Å². The maximum absolute atomic E-state index is 4.63. The molecule has 1 saturated carbocycles. The van der Waals surface area contributed by atoms with E-state index in [4.69, 9.17) is 0 Å². The molecule has 4 nitrogen and oxygen atoms in total. The van der Waals surface area contributed by atoms with E-state index in [-0.39, 0.29) is 0 Å². The SMILES string of the molecule is CC1CC(C)N1Cc1ccc(-n2ccc(C3CC3)n2)nc1. The maximum Gasteiger partial charge on any atom is 0.153 e. The number of hydrogen-bond acceptors (Lipinski definition) is 3. The fourth-order valence-corrected chi connectivity index (χ4v) is 3.29. The zero-order chi connectivity index (χ0) is 14.4. The molecule has 110 valence electrons. The molecular formula is C17H22N4. The maximum atomic E-state index is 4.63. The normalized spacial score (nSPS) is 25.8. The van der Waals surface area contributed by atoms with Crippen molar-refractivity contribution in [1.29, 1.82) is 0 Å². The van der Waals surface area contributed by atoms with Crippen LogP contribution in [0.2, 0.25) is 0 Å². The zero-order valence-corrected chi connectivity index (χ0v) is 12.7. The average Bonchev–Trinajstić information content (AvgIpc) is 3.23. The Balaban J connectivity index is 1.47. The first kappa shape index (κ1) is 13.0. The van der Waals surface area contributed by atoms with Crippen molar-refractivity contribution in [1.82, 2.24) is 19.7 Å². The Morgan fingerprint density at radius 2 is 1.95 bits per heavy atom. The van der Waals surface area contributed by atoms with Gasteiger partial charge in [-0.15, -0.1) is 0 Å². The van der Waals surface area contributed by atoms with Crippen LogP contribution in [0.5, 0.6) is 0 Å². The van der Waals surface area contributed by atoms with Crippen LogP contribution >= 0.6 is 0 Å². The van der Waals surface area contributed by atoms with E-state index < -0.39 is 0 Å². The van der Waals surface area contributed by atoms with Crippen molar-refractivity contribution in [3.05, 3.63) is 41.9 Å². The predicted octanol–water partition coefficient (Wildman–Crippen LogP) is 3.13. The quantitative estimate of drug-likeness (QED) is 0.864. The van der Waals surface area contributed by atoms with Gasteiger partial charge in [-0.3, -0.25) is 4.90 Å². The van der Waals surface area contributed by atoms with Gasteiger partial charge in [0, 0.05) is 36.9 Å². The van der Waals surface area contributed by atoms with Crippen LogP contribution < -0.4 is 0 Å². The Kier molecular flexibility index (Phi) is 3.07. The van der Waals surface area contributed by atoms with E-state index in [0.29, 0.717) is 18.0 Å². The smallest absolute Gasteiger partial charge is 0.153 e. The Labute approximate surface area is 125 Å². The molecular weight excluding hydrogens is 260 g/mol. The van der Waals surface area contributed by atoms with Crippen molar-refractivity contribution in [2.24, 2.45) is 0 Å². The second-order valence-corrected chi connectivity index (χ2v) is 6.59. The third-order valence-corrected chi connectivity index (χ3v) is 4.83. The summed E-state index contributed by atoms with van der Waals surface area (Å²) in [7, 11) is 0. The number of rotatable bonds is 4. The summed E-state index contributed by atoms with van der Waals surface area (Å²) >= 11 is 0. The Bertz CT molecular complexity index is 618. The van der Waals surface area contributed by atoms with Crippen LogP contribution in [0.1, 0.15) is 50.3 Å². The number of aromatic nitrogens is 3. The van der Waals surface area contributed by atoms with Gasteiger partial charge in [-0.25, -0.2) is 9.67 Å². The van der Waals surface area contributed by atoms with E-state index in [1.54, 1.807) is 0 Å². The Morgan fingerprint density at radius 1 is 1.14 bits per heavy atom. The van der Waals surface area contributed by atoms with Crippen LogP contribution in [0.25, 0.3) is 5.82 Å². The first-order valence-corrected chi connectivity index (χ1v) is 7.97. The zero-order valence-electron chi connectivity index (χ0n) is 12.7. The lowest BCUT2D eigenvalue weighted by Gasteiger charge is -2.45. The molecule has 0 bridgehead atoms. The summed E-state index contributed by atoms with van der Waals surface area (Å²) in [4.78, 5) is 7.10. The summed E-state index contributed by atoms with van der Waals surface area (Å²) in [6.07, 6.45) is 7.90. The highest BCUT2D eigenvalue weighted by atomic mass is 15.3. The van der Waals surface area contributed by atoms with E-state index in [0.717, 1.165) is 12.4 Å². The first-order valence-electron chi connectivity index (χ1n) is 7.97. The lowest BCUT2D eigenvalue weighted by molar-refractivity contribution is 0.0295. The number of nitrogens with zero attached hydrogens (tertiary/aromatic N) is 4. The lowest BCUT2D eigenvalue weighted by atomic mass is 9.95. The summed E-state index contributed by atoms with van der Waals surface area (Å²) < 4.78 is 1.90. The first-order chi connectivity index (χ1) is 10.2. The molecule has 4 rings (SSSR count). The van der Waals surface area contributed by atoms with E-state index >= 15 is 0 Å². The van der Waals surface area contributed by atoms with Gasteiger partial charge in [-0.1, -0.05) is 6.07 Å². The van der Waals surface area contributed by atoms with Crippen LogP contribution in [0.3, 0.4) is 0 Å². The minimum absolute atomic E-state index is 0.694. The lowest BCUT2D eigenvalue weighted by Crippen LogP contribution is -2.51. The molecule has 1 aliphatic heterocycles. The molecule has 2 aliphatic rings. The molecule has 21 heavy (non-hydrogen) atoms. The second kappa shape index (κ2) is 4.95. The largest absolute Gasteiger partial charge is 0.294 e. The monoisotopic (exact) mass is 282 g/mol. The Hall–Kier alpha value is -1.68. The van der Waals surface area contributed by atoms with Crippen LogP contribution in [0, 0.1) is 0 Å². The molecule has 2 fully saturated rings. The van der Waals surface area contributed by atoms with Crippen molar-refractivity contribution < 1.29 is 0 Å². The third kappa shape index (κ3) is 2.48. The summed E-state index contributed by atoms with van der Waals surface area (Å²) in [5, 5.41) is 4.63. The fraction of sp³-hybridized carbons (Fsp3) is 0.529. The molecule has 1 saturated heterocycles. The molecule has 0 radical (unpaired) electrons. The van der Waals surface area contributed by atoms with E-state index in [9.17, 15) is 0 Å². The highest BCUT2D eigenvalue weighted by Gasteiger charge is 2.31. The molecule has 1 aliphatic carbocycles.